The van der Waals surface area contributed by atoms with Gasteiger partial charge in [0, 0.05) is 32.5 Å². The molecule has 3 fully saturated rings. The highest BCUT2D eigenvalue weighted by Gasteiger charge is 2.58. The van der Waals surface area contributed by atoms with Crippen LogP contribution in [0, 0.1) is 5.41 Å². The van der Waals surface area contributed by atoms with E-state index in [0.29, 0.717) is 58.5 Å². The van der Waals surface area contributed by atoms with E-state index in [0.717, 1.165) is 19.3 Å². The minimum atomic E-state index is -0.803. The van der Waals surface area contributed by atoms with Gasteiger partial charge in [0.2, 0.25) is 11.8 Å². The van der Waals surface area contributed by atoms with E-state index in [-0.39, 0.29) is 11.8 Å². The van der Waals surface area contributed by atoms with Gasteiger partial charge in [-0.2, -0.15) is 0 Å². The maximum absolute atomic E-state index is 13.0. The zero-order valence-corrected chi connectivity index (χ0v) is 15.6. The molecule has 1 saturated carbocycles. The second kappa shape index (κ2) is 7.31. The molecule has 0 aromatic heterocycles. The Hall–Kier alpha value is -1.40. The van der Waals surface area contributed by atoms with Gasteiger partial charge in [-0.3, -0.25) is 9.59 Å². The first-order chi connectivity index (χ1) is 12.6. The van der Waals surface area contributed by atoms with Gasteiger partial charge in [0.1, 0.15) is 5.41 Å². The molecule has 2 amide bonds. The lowest BCUT2D eigenvalue weighted by molar-refractivity contribution is -0.188. The molecule has 2 saturated heterocycles. The Morgan fingerprint density at radius 3 is 2.42 bits per heavy atom. The fraction of sp³-hybridized carbons (Fsp3) is 0.800. The van der Waals surface area contributed by atoms with Gasteiger partial charge in [0.25, 0.3) is 0 Å². The molecule has 2 heterocycles. The van der Waals surface area contributed by atoms with Crippen LogP contribution < -0.4 is 5.32 Å². The van der Waals surface area contributed by atoms with Gasteiger partial charge in [0.05, 0.1) is 13.2 Å². The second-order valence-electron chi connectivity index (χ2n) is 8.10. The highest BCUT2D eigenvalue weighted by Crippen LogP contribution is 2.48. The summed E-state index contributed by atoms with van der Waals surface area (Å²) >= 11 is 0. The van der Waals surface area contributed by atoms with Crippen molar-refractivity contribution in [1.82, 2.24) is 10.2 Å². The van der Waals surface area contributed by atoms with Gasteiger partial charge in [-0.15, -0.1) is 0 Å². The van der Waals surface area contributed by atoms with Crippen molar-refractivity contribution in [3.8, 4) is 0 Å². The van der Waals surface area contributed by atoms with Crippen LogP contribution in [-0.4, -0.2) is 55.3 Å². The minimum Gasteiger partial charge on any atom is -0.355 e. The van der Waals surface area contributed by atoms with Crippen molar-refractivity contribution in [2.24, 2.45) is 5.41 Å². The van der Waals surface area contributed by atoms with Gasteiger partial charge < -0.3 is 19.7 Å². The van der Waals surface area contributed by atoms with Crippen molar-refractivity contribution in [3.63, 3.8) is 0 Å². The minimum absolute atomic E-state index is 0.000251. The van der Waals surface area contributed by atoms with Gasteiger partial charge in [-0.05, 0) is 44.9 Å². The van der Waals surface area contributed by atoms with Crippen molar-refractivity contribution in [1.29, 1.82) is 0 Å². The van der Waals surface area contributed by atoms with Crippen LogP contribution in [0.4, 0.5) is 0 Å². The number of carbonyl (C=O) groups excluding carboxylic acids is 2. The summed E-state index contributed by atoms with van der Waals surface area (Å²) in [6.07, 6.45) is 10.8. The number of ether oxygens (including phenoxy) is 2. The normalized spacial score (nSPS) is 26.5. The van der Waals surface area contributed by atoms with Crippen molar-refractivity contribution in [3.05, 3.63) is 11.6 Å². The van der Waals surface area contributed by atoms with E-state index in [1.165, 1.54) is 18.4 Å². The summed E-state index contributed by atoms with van der Waals surface area (Å²) in [4.78, 5) is 27.5. The molecule has 2 aliphatic heterocycles. The standard InChI is InChI=1S/C20H30N2O4/c23-17(21-11-6-16-4-2-1-3-5-16)19(7-8-19)18(24)22-12-9-20(10-13-22)25-14-15-26-20/h4H,1-3,5-15H2,(H,21,23). The van der Waals surface area contributed by atoms with Crippen molar-refractivity contribution < 1.29 is 19.1 Å². The zero-order valence-electron chi connectivity index (χ0n) is 15.6. The Balaban J connectivity index is 1.27. The smallest absolute Gasteiger partial charge is 0.238 e. The Morgan fingerprint density at radius 2 is 1.81 bits per heavy atom. The molecule has 0 aromatic rings. The number of allylic oxidation sites excluding steroid dienone is 1. The predicted octanol–water partition coefficient (Wildman–Crippen LogP) is 2.14. The number of piperidine rings is 1. The quantitative estimate of drug-likeness (QED) is 0.601. The van der Waals surface area contributed by atoms with E-state index in [1.54, 1.807) is 0 Å². The van der Waals surface area contributed by atoms with Crippen molar-refractivity contribution >= 4 is 11.8 Å². The number of carbonyl (C=O) groups is 2. The fourth-order valence-electron chi connectivity index (χ4n) is 4.44. The SMILES string of the molecule is O=C(NCCC1=CCCCC1)C1(C(=O)N2CCC3(CC2)OCCO3)CC1. The molecule has 6 nitrogen and oxygen atoms in total. The van der Waals surface area contributed by atoms with Gasteiger partial charge >= 0.3 is 0 Å². The number of amides is 2. The molecular weight excluding hydrogens is 332 g/mol. The molecule has 0 bridgehead atoms. The summed E-state index contributed by atoms with van der Waals surface area (Å²) in [6, 6.07) is 0. The largest absolute Gasteiger partial charge is 0.355 e. The highest BCUT2D eigenvalue weighted by atomic mass is 16.7. The summed E-state index contributed by atoms with van der Waals surface area (Å²) in [5.41, 5.74) is 0.647. The lowest BCUT2D eigenvalue weighted by Crippen LogP contribution is -2.52. The van der Waals surface area contributed by atoms with Crippen molar-refractivity contribution in [2.75, 3.05) is 32.8 Å². The third-order valence-electron chi connectivity index (χ3n) is 6.34. The maximum Gasteiger partial charge on any atom is 0.238 e. The Labute approximate surface area is 155 Å². The Morgan fingerprint density at radius 1 is 1.08 bits per heavy atom. The predicted molar refractivity (Wildman–Crippen MR) is 96.3 cm³/mol. The number of hydrogen-bond acceptors (Lipinski definition) is 4. The molecule has 6 heteroatoms. The summed E-state index contributed by atoms with van der Waals surface area (Å²) < 4.78 is 11.4. The van der Waals surface area contributed by atoms with Crippen LogP contribution in [0.3, 0.4) is 0 Å². The first-order valence-corrected chi connectivity index (χ1v) is 10.2. The maximum atomic E-state index is 13.0. The third kappa shape index (κ3) is 3.54. The summed E-state index contributed by atoms with van der Waals surface area (Å²) in [5, 5.41) is 3.02. The van der Waals surface area contributed by atoms with Crippen LogP contribution in [0.25, 0.3) is 0 Å². The first-order valence-electron chi connectivity index (χ1n) is 10.2. The van der Waals surface area contributed by atoms with E-state index in [1.807, 2.05) is 4.90 Å². The van der Waals surface area contributed by atoms with Crippen LogP contribution in [0.2, 0.25) is 0 Å². The monoisotopic (exact) mass is 362 g/mol. The molecule has 0 unspecified atom stereocenters. The van der Waals surface area contributed by atoms with E-state index >= 15 is 0 Å². The molecule has 4 rings (SSSR count). The molecule has 1 N–H and O–H groups in total. The number of nitrogens with zero attached hydrogens (tertiary/aromatic N) is 1. The van der Waals surface area contributed by atoms with Crippen LogP contribution in [0.15, 0.2) is 11.6 Å². The summed E-state index contributed by atoms with van der Waals surface area (Å²) in [5.74, 6) is -0.559. The van der Waals surface area contributed by atoms with Crippen molar-refractivity contribution in [2.45, 2.75) is 63.6 Å². The topological polar surface area (TPSA) is 67.9 Å². The highest BCUT2D eigenvalue weighted by molar-refractivity contribution is 6.07. The third-order valence-corrected chi connectivity index (χ3v) is 6.34. The second-order valence-corrected chi connectivity index (χ2v) is 8.10. The number of rotatable bonds is 5. The van der Waals surface area contributed by atoms with Crippen LogP contribution in [0.1, 0.15) is 57.8 Å². The number of hydrogen-bond donors (Lipinski definition) is 1. The first kappa shape index (κ1) is 18.0. The summed E-state index contributed by atoms with van der Waals surface area (Å²) in [7, 11) is 0. The lowest BCUT2D eigenvalue weighted by atomic mass is 9.96. The van der Waals surface area contributed by atoms with E-state index in [2.05, 4.69) is 11.4 Å². The molecule has 2 aliphatic carbocycles. The van der Waals surface area contributed by atoms with Gasteiger partial charge in [0.15, 0.2) is 5.79 Å². The Bertz CT molecular complexity index is 581. The molecule has 144 valence electrons. The van der Waals surface area contributed by atoms with Gasteiger partial charge in [-0.25, -0.2) is 0 Å². The van der Waals surface area contributed by atoms with E-state index in [4.69, 9.17) is 9.47 Å². The van der Waals surface area contributed by atoms with Gasteiger partial charge in [-0.1, -0.05) is 11.6 Å². The van der Waals surface area contributed by atoms with E-state index in [9.17, 15) is 9.59 Å². The molecule has 26 heavy (non-hydrogen) atoms. The molecule has 4 aliphatic rings. The average Bonchev–Trinajstić information content (AvgIpc) is 3.38. The molecular formula is C20H30N2O4. The number of likely N-dealkylation sites (tertiary alicyclic amines) is 1. The Kier molecular flexibility index (Phi) is 5.06. The number of nitrogens with one attached hydrogen (secondary N) is 1. The van der Waals surface area contributed by atoms with Crippen LogP contribution in [-0.2, 0) is 19.1 Å². The van der Waals surface area contributed by atoms with Crippen LogP contribution in [0.5, 0.6) is 0 Å². The molecule has 0 atom stereocenters. The molecule has 0 aromatic carbocycles. The molecule has 0 radical (unpaired) electrons. The van der Waals surface area contributed by atoms with Crippen LogP contribution >= 0.6 is 0 Å². The average molecular weight is 362 g/mol. The lowest BCUT2D eigenvalue weighted by Gasteiger charge is -2.38. The fourth-order valence-corrected chi connectivity index (χ4v) is 4.44. The van der Waals surface area contributed by atoms with E-state index < -0.39 is 11.2 Å². The molecule has 1 spiro atoms. The summed E-state index contributed by atoms with van der Waals surface area (Å²) in [6.45, 7) is 3.14. The zero-order chi connectivity index (χ0) is 18.0.